The average molecular weight is 374 g/mol. The fourth-order valence-corrected chi connectivity index (χ4v) is 3.11. The highest BCUT2D eigenvalue weighted by molar-refractivity contribution is 5.96. The van der Waals surface area contributed by atoms with Gasteiger partial charge >= 0.3 is 0 Å². The molecule has 0 radical (unpaired) electrons. The van der Waals surface area contributed by atoms with E-state index in [4.69, 9.17) is 4.74 Å². The molecular weight excluding hydrogens is 354 g/mol. The van der Waals surface area contributed by atoms with Crippen LogP contribution in [0.15, 0.2) is 36.4 Å². The number of carbonyl (C=O) groups excluding carboxylic acids is 2. The van der Waals surface area contributed by atoms with Crippen LogP contribution in [0.3, 0.4) is 0 Å². The number of rotatable bonds is 3. The lowest BCUT2D eigenvalue weighted by atomic mass is 10.1. The molecule has 1 aliphatic heterocycles. The number of amides is 2. The number of piperazine rings is 1. The second-order valence-corrected chi connectivity index (χ2v) is 6.43. The summed E-state index contributed by atoms with van der Waals surface area (Å²) in [6.45, 7) is 3.18. The number of carbonyl (C=O) groups is 2. The second kappa shape index (κ2) is 7.73. The summed E-state index contributed by atoms with van der Waals surface area (Å²) in [6.07, 6.45) is 0. The summed E-state index contributed by atoms with van der Waals surface area (Å²) in [7, 11) is 1.55. The van der Waals surface area contributed by atoms with E-state index in [-0.39, 0.29) is 11.5 Å². The lowest BCUT2D eigenvalue weighted by molar-refractivity contribution is 0.0535. The Labute approximate surface area is 156 Å². The lowest BCUT2D eigenvalue weighted by Crippen LogP contribution is -2.50. The number of nitrogens with zero attached hydrogens (tertiary/aromatic N) is 2. The van der Waals surface area contributed by atoms with Crippen LogP contribution in [-0.4, -0.2) is 54.9 Å². The number of aryl methyl sites for hydroxylation is 1. The Morgan fingerprint density at radius 2 is 1.37 bits per heavy atom. The average Bonchev–Trinajstić information content (AvgIpc) is 2.66. The van der Waals surface area contributed by atoms with Crippen LogP contribution in [0.1, 0.15) is 26.3 Å². The number of hydrogen-bond donors (Lipinski definition) is 0. The van der Waals surface area contributed by atoms with Crippen molar-refractivity contribution in [3.8, 4) is 5.75 Å². The van der Waals surface area contributed by atoms with Crippen LogP contribution in [0.4, 0.5) is 8.78 Å². The smallest absolute Gasteiger partial charge is 0.254 e. The van der Waals surface area contributed by atoms with Crippen molar-refractivity contribution in [3.63, 3.8) is 0 Å². The van der Waals surface area contributed by atoms with Crippen LogP contribution in [0.25, 0.3) is 0 Å². The van der Waals surface area contributed by atoms with Crippen LogP contribution >= 0.6 is 0 Å². The van der Waals surface area contributed by atoms with Gasteiger partial charge in [-0.05, 0) is 36.8 Å². The molecule has 0 aromatic heterocycles. The van der Waals surface area contributed by atoms with Gasteiger partial charge in [0, 0.05) is 43.4 Å². The normalized spacial score (nSPS) is 14.2. The molecule has 2 amide bonds. The molecule has 1 saturated heterocycles. The van der Waals surface area contributed by atoms with Crippen LogP contribution in [0, 0.1) is 18.6 Å². The van der Waals surface area contributed by atoms with E-state index in [0.717, 1.165) is 23.8 Å². The molecule has 0 aliphatic carbocycles. The summed E-state index contributed by atoms with van der Waals surface area (Å²) in [6, 6.07) is 8.02. The van der Waals surface area contributed by atoms with Crippen molar-refractivity contribution in [2.45, 2.75) is 6.92 Å². The predicted molar refractivity (Wildman–Crippen MR) is 95.9 cm³/mol. The van der Waals surface area contributed by atoms with Crippen molar-refractivity contribution in [2.75, 3.05) is 33.3 Å². The summed E-state index contributed by atoms with van der Waals surface area (Å²) in [4.78, 5) is 28.3. The van der Waals surface area contributed by atoms with Gasteiger partial charge in [0.2, 0.25) is 0 Å². The molecule has 2 aromatic rings. The summed E-state index contributed by atoms with van der Waals surface area (Å²) in [5.74, 6) is -1.53. The third-order valence-electron chi connectivity index (χ3n) is 4.62. The minimum Gasteiger partial charge on any atom is -0.496 e. The largest absolute Gasteiger partial charge is 0.496 e. The maximum Gasteiger partial charge on any atom is 0.254 e. The first-order valence-electron chi connectivity index (χ1n) is 8.58. The van der Waals surface area contributed by atoms with E-state index >= 15 is 0 Å². The fourth-order valence-electron chi connectivity index (χ4n) is 3.11. The van der Waals surface area contributed by atoms with Gasteiger partial charge in [0.15, 0.2) is 0 Å². The molecule has 1 aliphatic rings. The molecule has 7 heteroatoms. The van der Waals surface area contributed by atoms with Gasteiger partial charge < -0.3 is 14.5 Å². The first-order valence-corrected chi connectivity index (χ1v) is 8.58. The number of benzene rings is 2. The first kappa shape index (κ1) is 18.8. The van der Waals surface area contributed by atoms with E-state index < -0.39 is 17.5 Å². The Balaban J connectivity index is 1.66. The molecule has 0 saturated carbocycles. The molecule has 1 heterocycles. The van der Waals surface area contributed by atoms with Gasteiger partial charge in [0.05, 0.1) is 7.11 Å². The molecule has 5 nitrogen and oxygen atoms in total. The standard InChI is InChI=1S/C20H20F2N2O3/c1-13-3-4-14(11-18(13)27-2)19(25)23-5-7-24(8-6-23)20(26)15-9-16(21)12-17(22)10-15/h3-4,9-12H,5-8H2,1-2H3. The van der Waals surface area contributed by atoms with Gasteiger partial charge in [0.25, 0.3) is 11.8 Å². The molecule has 1 fully saturated rings. The summed E-state index contributed by atoms with van der Waals surface area (Å²) in [5, 5.41) is 0. The third-order valence-corrected chi connectivity index (χ3v) is 4.62. The summed E-state index contributed by atoms with van der Waals surface area (Å²) in [5.41, 5.74) is 1.42. The van der Waals surface area contributed by atoms with Crippen molar-refractivity contribution < 1.29 is 23.1 Å². The molecule has 0 atom stereocenters. The molecule has 0 bridgehead atoms. The molecule has 0 spiro atoms. The summed E-state index contributed by atoms with van der Waals surface area (Å²) < 4.78 is 31.9. The van der Waals surface area contributed by atoms with Gasteiger partial charge in [-0.1, -0.05) is 6.07 Å². The van der Waals surface area contributed by atoms with E-state index in [1.807, 2.05) is 13.0 Å². The SMILES string of the molecule is COc1cc(C(=O)N2CCN(C(=O)c3cc(F)cc(F)c3)CC2)ccc1C. The maximum atomic E-state index is 13.3. The Morgan fingerprint density at radius 3 is 1.89 bits per heavy atom. The van der Waals surface area contributed by atoms with Gasteiger partial charge in [-0.3, -0.25) is 9.59 Å². The Morgan fingerprint density at radius 1 is 0.852 bits per heavy atom. The van der Waals surface area contributed by atoms with Gasteiger partial charge in [-0.2, -0.15) is 0 Å². The number of hydrogen-bond acceptors (Lipinski definition) is 3. The minimum atomic E-state index is -0.791. The van der Waals surface area contributed by atoms with Crippen LogP contribution < -0.4 is 4.74 Å². The lowest BCUT2D eigenvalue weighted by Gasteiger charge is -2.35. The number of halogens is 2. The number of methoxy groups -OCH3 is 1. The van der Waals surface area contributed by atoms with E-state index in [1.165, 1.54) is 4.90 Å². The Kier molecular flexibility index (Phi) is 5.39. The predicted octanol–water partition coefficient (Wildman–Crippen LogP) is 2.88. The quantitative estimate of drug-likeness (QED) is 0.830. The molecule has 3 rings (SSSR count). The zero-order valence-electron chi connectivity index (χ0n) is 15.2. The molecule has 2 aromatic carbocycles. The van der Waals surface area contributed by atoms with E-state index in [1.54, 1.807) is 24.1 Å². The topological polar surface area (TPSA) is 49.9 Å². The van der Waals surface area contributed by atoms with Gasteiger partial charge in [0.1, 0.15) is 17.4 Å². The zero-order chi connectivity index (χ0) is 19.6. The molecule has 142 valence electrons. The van der Waals surface area contributed by atoms with Crippen LogP contribution in [0.5, 0.6) is 5.75 Å². The van der Waals surface area contributed by atoms with Crippen LogP contribution in [0.2, 0.25) is 0 Å². The Bertz CT molecular complexity index is 857. The zero-order valence-corrected chi connectivity index (χ0v) is 15.2. The fraction of sp³-hybridized carbons (Fsp3) is 0.300. The minimum absolute atomic E-state index is 0.0319. The van der Waals surface area contributed by atoms with Crippen molar-refractivity contribution >= 4 is 11.8 Å². The highest BCUT2D eigenvalue weighted by atomic mass is 19.1. The summed E-state index contributed by atoms with van der Waals surface area (Å²) >= 11 is 0. The highest BCUT2D eigenvalue weighted by Gasteiger charge is 2.26. The highest BCUT2D eigenvalue weighted by Crippen LogP contribution is 2.21. The monoisotopic (exact) mass is 374 g/mol. The van der Waals surface area contributed by atoms with Crippen molar-refractivity contribution in [1.82, 2.24) is 9.80 Å². The van der Waals surface area contributed by atoms with E-state index in [0.29, 0.717) is 37.5 Å². The van der Waals surface area contributed by atoms with E-state index in [2.05, 4.69) is 0 Å². The van der Waals surface area contributed by atoms with Gasteiger partial charge in [-0.15, -0.1) is 0 Å². The Hall–Kier alpha value is -2.96. The van der Waals surface area contributed by atoms with Crippen molar-refractivity contribution in [1.29, 1.82) is 0 Å². The molecule has 27 heavy (non-hydrogen) atoms. The molecular formula is C20H20F2N2O3. The first-order chi connectivity index (χ1) is 12.9. The molecule has 0 N–H and O–H groups in total. The van der Waals surface area contributed by atoms with E-state index in [9.17, 15) is 18.4 Å². The van der Waals surface area contributed by atoms with Crippen molar-refractivity contribution in [2.24, 2.45) is 0 Å². The maximum absolute atomic E-state index is 13.3. The van der Waals surface area contributed by atoms with Gasteiger partial charge in [-0.25, -0.2) is 8.78 Å². The second-order valence-electron chi connectivity index (χ2n) is 6.43. The number of ether oxygens (including phenoxy) is 1. The molecule has 0 unspecified atom stereocenters. The van der Waals surface area contributed by atoms with Crippen LogP contribution in [-0.2, 0) is 0 Å². The third kappa shape index (κ3) is 4.07. The van der Waals surface area contributed by atoms with Crippen molar-refractivity contribution in [3.05, 3.63) is 64.7 Å².